The van der Waals surface area contributed by atoms with Crippen LogP contribution in [0.5, 0.6) is 0 Å². The lowest BCUT2D eigenvalue weighted by atomic mass is 10.6. The SMILES string of the molecule is Nc1cc(=O)[nH]n1C(=O)CCl. The minimum absolute atomic E-state index is 0.0700. The van der Waals surface area contributed by atoms with Crippen LogP contribution >= 0.6 is 11.6 Å². The molecule has 11 heavy (non-hydrogen) atoms. The van der Waals surface area contributed by atoms with Gasteiger partial charge in [-0.25, -0.2) is 4.68 Å². The van der Waals surface area contributed by atoms with Crippen LogP contribution in [0.25, 0.3) is 0 Å². The topological polar surface area (TPSA) is 80.9 Å². The third-order valence-electron chi connectivity index (χ3n) is 1.12. The van der Waals surface area contributed by atoms with E-state index in [9.17, 15) is 9.59 Å². The summed E-state index contributed by atoms with van der Waals surface area (Å²) in [4.78, 5) is 21.4. The molecule has 0 saturated carbocycles. The fraction of sp³-hybridized carbons (Fsp3) is 0.200. The number of halogens is 1. The van der Waals surface area contributed by atoms with Crippen molar-refractivity contribution < 1.29 is 4.79 Å². The fourth-order valence-corrected chi connectivity index (χ4v) is 0.792. The molecule has 0 spiro atoms. The maximum absolute atomic E-state index is 10.8. The predicted molar refractivity (Wildman–Crippen MR) is 40.8 cm³/mol. The van der Waals surface area contributed by atoms with Crippen LogP contribution in [0, 0.1) is 0 Å². The van der Waals surface area contributed by atoms with E-state index >= 15 is 0 Å². The molecule has 1 aromatic rings. The van der Waals surface area contributed by atoms with Gasteiger partial charge in [-0.2, -0.15) is 0 Å². The summed E-state index contributed by atoms with van der Waals surface area (Å²) < 4.78 is 0.912. The highest BCUT2D eigenvalue weighted by Crippen LogP contribution is 1.95. The van der Waals surface area contributed by atoms with E-state index in [-0.39, 0.29) is 11.7 Å². The van der Waals surface area contributed by atoms with Gasteiger partial charge in [-0.3, -0.25) is 14.7 Å². The van der Waals surface area contributed by atoms with Gasteiger partial charge in [0.1, 0.15) is 11.7 Å². The molecule has 1 rings (SSSR count). The van der Waals surface area contributed by atoms with E-state index in [1.165, 1.54) is 0 Å². The lowest BCUT2D eigenvalue weighted by molar-refractivity contribution is 0.0927. The number of nitrogen functional groups attached to an aromatic ring is 1. The standard InChI is InChI=1S/C5H6ClN3O2/c6-2-5(11)9-3(7)1-4(10)8-9/h1H,2,7H2,(H,8,10). The molecule has 3 N–H and O–H groups in total. The molecule has 0 aliphatic rings. The van der Waals surface area contributed by atoms with E-state index in [2.05, 4.69) is 5.10 Å². The number of hydrogen-bond acceptors (Lipinski definition) is 3. The molecule has 0 bridgehead atoms. The number of hydrogen-bond donors (Lipinski definition) is 2. The number of aromatic amines is 1. The van der Waals surface area contributed by atoms with Crippen LogP contribution < -0.4 is 11.3 Å². The smallest absolute Gasteiger partial charge is 0.266 e. The minimum Gasteiger partial charge on any atom is -0.383 e. The number of H-pyrrole nitrogens is 1. The number of carbonyl (C=O) groups is 1. The number of aromatic nitrogens is 2. The molecule has 0 saturated heterocycles. The molecule has 60 valence electrons. The van der Waals surface area contributed by atoms with E-state index < -0.39 is 11.5 Å². The maximum atomic E-state index is 10.8. The Kier molecular flexibility index (Phi) is 2.00. The van der Waals surface area contributed by atoms with Crippen molar-refractivity contribution in [3.8, 4) is 0 Å². The Morgan fingerprint density at radius 3 is 2.82 bits per heavy atom. The van der Waals surface area contributed by atoms with Crippen LogP contribution in [0.15, 0.2) is 10.9 Å². The summed E-state index contributed by atoms with van der Waals surface area (Å²) >= 11 is 5.22. The van der Waals surface area contributed by atoms with Crippen molar-refractivity contribution in [3.05, 3.63) is 16.4 Å². The van der Waals surface area contributed by atoms with Crippen molar-refractivity contribution in [2.24, 2.45) is 0 Å². The summed E-state index contributed by atoms with van der Waals surface area (Å²) in [5.74, 6) is -0.596. The number of nitrogens with zero attached hydrogens (tertiary/aromatic N) is 1. The molecule has 0 aromatic carbocycles. The number of anilines is 1. The Morgan fingerprint density at radius 1 is 1.82 bits per heavy atom. The largest absolute Gasteiger partial charge is 0.383 e. The molecular weight excluding hydrogens is 170 g/mol. The molecule has 1 aromatic heterocycles. The zero-order chi connectivity index (χ0) is 8.43. The van der Waals surface area contributed by atoms with Crippen LogP contribution in [0.2, 0.25) is 0 Å². The quantitative estimate of drug-likeness (QED) is 0.572. The van der Waals surface area contributed by atoms with Crippen molar-refractivity contribution in [3.63, 3.8) is 0 Å². The maximum Gasteiger partial charge on any atom is 0.266 e. The average Bonchev–Trinajstić information content (AvgIpc) is 2.28. The number of nitrogens with one attached hydrogen (secondary N) is 1. The van der Waals surface area contributed by atoms with E-state index in [4.69, 9.17) is 17.3 Å². The van der Waals surface area contributed by atoms with Gasteiger partial charge in [-0.05, 0) is 0 Å². The Morgan fingerprint density at radius 2 is 2.45 bits per heavy atom. The molecule has 0 unspecified atom stereocenters. The minimum atomic E-state index is -0.453. The Hall–Kier alpha value is -1.23. The molecule has 0 atom stereocenters. The van der Waals surface area contributed by atoms with E-state index in [0.29, 0.717) is 0 Å². The lowest BCUT2D eigenvalue weighted by Crippen LogP contribution is -2.17. The first-order valence-electron chi connectivity index (χ1n) is 2.82. The van der Waals surface area contributed by atoms with Gasteiger partial charge >= 0.3 is 0 Å². The highest BCUT2D eigenvalue weighted by Gasteiger charge is 2.06. The van der Waals surface area contributed by atoms with Gasteiger partial charge in [0.05, 0.1) is 0 Å². The van der Waals surface area contributed by atoms with Crippen LogP contribution in [0.3, 0.4) is 0 Å². The molecule has 0 aliphatic carbocycles. The summed E-state index contributed by atoms with van der Waals surface area (Å²) in [6.07, 6.45) is 0. The third-order valence-corrected chi connectivity index (χ3v) is 1.35. The summed E-state index contributed by atoms with van der Waals surface area (Å²) in [6.45, 7) is 0. The first-order chi connectivity index (χ1) is 5.15. The summed E-state index contributed by atoms with van der Waals surface area (Å²) in [5, 5.41) is 2.20. The monoisotopic (exact) mass is 175 g/mol. The van der Waals surface area contributed by atoms with Crippen molar-refractivity contribution >= 4 is 23.3 Å². The van der Waals surface area contributed by atoms with E-state index in [0.717, 1.165) is 10.7 Å². The molecule has 0 aliphatic heterocycles. The predicted octanol–water partition coefficient (Wildman–Crippen LogP) is -0.362. The average molecular weight is 176 g/mol. The van der Waals surface area contributed by atoms with Crippen LogP contribution in [-0.2, 0) is 0 Å². The highest BCUT2D eigenvalue weighted by atomic mass is 35.5. The molecule has 1 heterocycles. The normalized spacial score (nSPS) is 9.91. The van der Waals surface area contributed by atoms with Gasteiger partial charge in [0.25, 0.3) is 11.5 Å². The Balaban J connectivity index is 3.13. The number of alkyl halides is 1. The molecule has 6 heteroatoms. The zero-order valence-corrected chi connectivity index (χ0v) is 6.26. The van der Waals surface area contributed by atoms with Crippen LogP contribution in [0.4, 0.5) is 5.82 Å². The number of rotatable bonds is 1. The van der Waals surface area contributed by atoms with Gasteiger partial charge < -0.3 is 5.73 Å². The van der Waals surface area contributed by atoms with E-state index in [1.807, 2.05) is 0 Å². The van der Waals surface area contributed by atoms with Gasteiger partial charge in [0.2, 0.25) is 0 Å². The first-order valence-corrected chi connectivity index (χ1v) is 3.35. The second-order valence-electron chi connectivity index (χ2n) is 1.91. The van der Waals surface area contributed by atoms with E-state index in [1.54, 1.807) is 0 Å². The summed E-state index contributed by atoms with van der Waals surface area (Å²) in [7, 11) is 0. The molecular formula is C5H6ClN3O2. The van der Waals surface area contributed by atoms with Gasteiger partial charge in [0.15, 0.2) is 0 Å². The van der Waals surface area contributed by atoms with Crippen LogP contribution in [-0.4, -0.2) is 21.6 Å². The first kappa shape index (κ1) is 7.87. The molecule has 0 amide bonds. The van der Waals surface area contributed by atoms with Crippen molar-refractivity contribution in [2.75, 3.05) is 11.6 Å². The summed E-state index contributed by atoms with van der Waals surface area (Å²) in [5.41, 5.74) is 4.85. The molecule has 0 fully saturated rings. The third kappa shape index (κ3) is 1.43. The zero-order valence-electron chi connectivity index (χ0n) is 5.50. The molecule has 0 radical (unpaired) electrons. The van der Waals surface area contributed by atoms with Gasteiger partial charge in [-0.1, -0.05) is 0 Å². The van der Waals surface area contributed by atoms with Crippen molar-refractivity contribution in [1.82, 2.24) is 9.78 Å². The van der Waals surface area contributed by atoms with Gasteiger partial charge in [0, 0.05) is 6.07 Å². The lowest BCUT2D eigenvalue weighted by Gasteiger charge is -1.97. The molecule has 5 nitrogen and oxygen atoms in total. The van der Waals surface area contributed by atoms with Crippen LogP contribution in [0.1, 0.15) is 4.79 Å². The fourth-order valence-electron chi connectivity index (χ4n) is 0.672. The Labute approximate surface area is 66.7 Å². The number of nitrogens with two attached hydrogens (primary N) is 1. The van der Waals surface area contributed by atoms with Crippen molar-refractivity contribution in [2.45, 2.75) is 0 Å². The van der Waals surface area contributed by atoms with Gasteiger partial charge in [-0.15, -0.1) is 11.6 Å². The second kappa shape index (κ2) is 2.79. The van der Waals surface area contributed by atoms with Crippen molar-refractivity contribution in [1.29, 1.82) is 0 Å². The number of carbonyl (C=O) groups excluding carboxylic acids is 1. The second-order valence-corrected chi connectivity index (χ2v) is 2.18. The highest BCUT2D eigenvalue weighted by molar-refractivity contribution is 6.27. The summed E-state index contributed by atoms with van der Waals surface area (Å²) in [6, 6.07) is 1.12. The Bertz CT molecular complexity index is 327.